The molecule has 0 radical (unpaired) electrons. The molecule has 9 heavy (non-hydrogen) atoms. The SMILES string of the molecule is CC1C=CC=C[C@]1(C)O. The van der Waals surface area contributed by atoms with Crippen LogP contribution in [0.5, 0.6) is 0 Å². The van der Waals surface area contributed by atoms with Crippen LogP contribution in [-0.2, 0) is 0 Å². The molecule has 1 aliphatic rings. The first-order valence-electron chi connectivity index (χ1n) is 3.21. The molecular weight excluding hydrogens is 112 g/mol. The highest BCUT2D eigenvalue weighted by molar-refractivity contribution is 5.19. The zero-order valence-electron chi connectivity index (χ0n) is 5.83. The Morgan fingerprint density at radius 1 is 1.44 bits per heavy atom. The molecule has 0 fully saturated rings. The monoisotopic (exact) mass is 124 g/mol. The molecule has 0 aliphatic heterocycles. The Bertz CT molecular complexity index is 154. The van der Waals surface area contributed by atoms with E-state index in [1.807, 2.05) is 38.2 Å². The predicted molar refractivity (Wildman–Crippen MR) is 38.1 cm³/mol. The maximum absolute atomic E-state index is 9.50. The molecule has 0 spiro atoms. The van der Waals surface area contributed by atoms with Crippen molar-refractivity contribution in [2.45, 2.75) is 19.4 Å². The first-order valence-corrected chi connectivity index (χ1v) is 3.21. The third-order valence-corrected chi connectivity index (χ3v) is 1.87. The molecule has 1 aliphatic carbocycles. The van der Waals surface area contributed by atoms with Crippen LogP contribution in [0.1, 0.15) is 13.8 Å². The average molecular weight is 124 g/mol. The zero-order chi connectivity index (χ0) is 6.91. The minimum atomic E-state index is -0.630. The van der Waals surface area contributed by atoms with Gasteiger partial charge in [-0.2, -0.15) is 0 Å². The summed E-state index contributed by atoms with van der Waals surface area (Å²) in [5.74, 6) is 0.238. The molecule has 0 saturated heterocycles. The largest absolute Gasteiger partial charge is 0.385 e. The summed E-state index contributed by atoms with van der Waals surface area (Å²) in [5.41, 5.74) is -0.630. The van der Waals surface area contributed by atoms with Gasteiger partial charge in [0.25, 0.3) is 0 Å². The molecule has 1 rings (SSSR count). The second kappa shape index (κ2) is 1.99. The summed E-state index contributed by atoms with van der Waals surface area (Å²) < 4.78 is 0. The van der Waals surface area contributed by atoms with Gasteiger partial charge >= 0.3 is 0 Å². The standard InChI is InChI=1S/C8H12O/c1-7-5-3-4-6-8(7,2)9/h3-7,9H,1-2H3/t7?,8-/m0/s1. The second-order valence-corrected chi connectivity index (χ2v) is 2.76. The third-order valence-electron chi connectivity index (χ3n) is 1.87. The maximum Gasteiger partial charge on any atom is 0.0862 e. The van der Waals surface area contributed by atoms with E-state index in [0.29, 0.717) is 0 Å². The highest BCUT2D eigenvalue weighted by Gasteiger charge is 2.23. The van der Waals surface area contributed by atoms with Crippen molar-refractivity contribution in [3.8, 4) is 0 Å². The Balaban J connectivity index is 2.78. The molecule has 1 nitrogen and oxygen atoms in total. The summed E-state index contributed by atoms with van der Waals surface area (Å²) in [4.78, 5) is 0. The van der Waals surface area contributed by atoms with Crippen molar-refractivity contribution in [3.05, 3.63) is 24.3 Å². The van der Waals surface area contributed by atoms with Crippen molar-refractivity contribution in [1.29, 1.82) is 0 Å². The molecule has 2 atom stereocenters. The normalized spacial score (nSPS) is 41.4. The predicted octanol–water partition coefficient (Wildman–Crippen LogP) is 1.50. The Hall–Kier alpha value is -0.560. The molecule has 0 saturated carbocycles. The summed E-state index contributed by atoms with van der Waals surface area (Å²) >= 11 is 0. The van der Waals surface area contributed by atoms with Gasteiger partial charge in [0.2, 0.25) is 0 Å². The van der Waals surface area contributed by atoms with Gasteiger partial charge in [-0.1, -0.05) is 31.2 Å². The van der Waals surface area contributed by atoms with Crippen molar-refractivity contribution >= 4 is 0 Å². The van der Waals surface area contributed by atoms with Crippen molar-refractivity contribution < 1.29 is 5.11 Å². The summed E-state index contributed by atoms with van der Waals surface area (Å²) in [6.07, 6.45) is 7.65. The van der Waals surface area contributed by atoms with E-state index in [2.05, 4.69) is 0 Å². The van der Waals surface area contributed by atoms with E-state index in [-0.39, 0.29) is 5.92 Å². The van der Waals surface area contributed by atoms with Gasteiger partial charge in [0.15, 0.2) is 0 Å². The van der Waals surface area contributed by atoms with Crippen LogP contribution in [0.25, 0.3) is 0 Å². The average Bonchev–Trinajstić information content (AvgIpc) is 1.77. The van der Waals surface area contributed by atoms with Crippen LogP contribution in [0.2, 0.25) is 0 Å². The van der Waals surface area contributed by atoms with Gasteiger partial charge in [-0.25, -0.2) is 0 Å². The van der Waals surface area contributed by atoms with Gasteiger partial charge in [0.05, 0.1) is 5.60 Å². The van der Waals surface area contributed by atoms with Crippen LogP contribution in [0, 0.1) is 5.92 Å². The van der Waals surface area contributed by atoms with Gasteiger partial charge in [0, 0.05) is 5.92 Å². The minimum absolute atomic E-state index is 0.238. The molecule has 1 N–H and O–H groups in total. The fourth-order valence-electron chi connectivity index (χ4n) is 0.828. The van der Waals surface area contributed by atoms with Crippen LogP contribution < -0.4 is 0 Å². The topological polar surface area (TPSA) is 20.2 Å². The molecule has 50 valence electrons. The number of hydrogen-bond acceptors (Lipinski definition) is 1. The van der Waals surface area contributed by atoms with Gasteiger partial charge in [-0.3, -0.25) is 0 Å². The van der Waals surface area contributed by atoms with Gasteiger partial charge in [-0.05, 0) is 6.92 Å². The summed E-state index contributed by atoms with van der Waals surface area (Å²) in [5, 5.41) is 9.50. The fourth-order valence-corrected chi connectivity index (χ4v) is 0.828. The Labute approximate surface area is 55.7 Å². The smallest absolute Gasteiger partial charge is 0.0862 e. The lowest BCUT2D eigenvalue weighted by atomic mass is 9.87. The molecule has 1 unspecified atom stereocenters. The lowest BCUT2D eigenvalue weighted by Crippen LogP contribution is -2.29. The Morgan fingerprint density at radius 3 is 2.44 bits per heavy atom. The van der Waals surface area contributed by atoms with E-state index in [4.69, 9.17) is 0 Å². The first kappa shape index (κ1) is 6.56. The maximum atomic E-state index is 9.50. The number of aliphatic hydroxyl groups is 1. The van der Waals surface area contributed by atoms with Gasteiger partial charge in [0.1, 0.15) is 0 Å². The first-order chi connectivity index (χ1) is 4.13. The summed E-state index contributed by atoms with van der Waals surface area (Å²) in [7, 11) is 0. The quantitative estimate of drug-likeness (QED) is 0.519. The zero-order valence-corrected chi connectivity index (χ0v) is 5.83. The van der Waals surface area contributed by atoms with Crippen molar-refractivity contribution in [3.63, 3.8) is 0 Å². The lowest BCUT2D eigenvalue weighted by molar-refractivity contribution is 0.0730. The van der Waals surface area contributed by atoms with Crippen LogP contribution in [0.3, 0.4) is 0 Å². The van der Waals surface area contributed by atoms with E-state index >= 15 is 0 Å². The van der Waals surface area contributed by atoms with Gasteiger partial charge in [-0.15, -0.1) is 0 Å². The molecule has 1 heteroatoms. The van der Waals surface area contributed by atoms with E-state index in [9.17, 15) is 5.11 Å². The lowest BCUT2D eigenvalue weighted by Gasteiger charge is -2.26. The van der Waals surface area contributed by atoms with Gasteiger partial charge < -0.3 is 5.11 Å². The summed E-state index contributed by atoms with van der Waals surface area (Å²) in [6, 6.07) is 0. The molecule has 0 bridgehead atoms. The number of rotatable bonds is 0. The molecule has 0 aromatic heterocycles. The van der Waals surface area contributed by atoms with E-state index < -0.39 is 5.60 Å². The van der Waals surface area contributed by atoms with Crippen LogP contribution in [0.15, 0.2) is 24.3 Å². The molecule has 0 aromatic carbocycles. The minimum Gasteiger partial charge on any atom is -0.385 e. The molecule has 0 heterocycles. The van der Waals surface area contributed by atoms with Crippen molar-refractivity contribution in [2.24, 2.45) is 5.92 Å². The highest BCUT2D eigenvalue weighted by atomic mass is 16.3. The molecule has 0 aromatic rings. The second-order valence-electron chi connectivity index (χ2n) is 2.76. The van der Waals surface area contributed by atoms with E-state index in [1.165, 1.54) is 0 Å². The molecule has 0 amide bonds. The Kier molecular flexibility index (Phi) is 1.45. The van der Waals surface area contributed by atoms with Crippen molar-refractivity contribution in [1.82, 2.24) is 0 Å². The summed E-state index contributed by atoms with van der Waals surface area (Å²) in [6.45, 7) is 3.82. The third kappa shape index (κ3) is 1.22. The Morgan fingerprint density at radius 2 is 2.11 bits per heavy atom. The number of allylic oxidation sites excluding steroid dienone is 2. The van der Waals surface area contributed by atoms with Crippen molar-refractivity contribution in [2.75, 3.05) is 0 Å². The van der Waals surface area contributed by atoms with Crippen LogP contribution in [-0.4, -0.2) is 10.7 Å². The molecular formula is C8H12O. The fraction of sp³-hybridized carbons (Fsp3) is 0.500. The van der Waals surface area contributed by atoms with E-state index in [0.717, 1.165) is 0 Å². The highest BCUT2D eigenvalue weighted by Crippen LogP contribution is 2.22. The van der Waals surface area contributed by atoms with Crippen LogP contribution >= 0.6 is 0 Å². The van der Waals surface area contributed by atoms with E-state index in [1.54, 1.807) is 0 Å². The van der Waals surface area contributed by atoms with Crippen LogP contribution in [0.4, 0.5) is 0 Å². The number of hydrogen-bond donors (Lipinski definition) is 1.